The van der Waals surface area contributed by atoms with Crippen molar-refractivity contribution in [2.45, 2.75) is 26.8 Å². The van der Waals surface area contributed by atoms with Crippen LogP contribution in [0, 0.1) is 13.8 Å². The van der Waals surface area contributed by atoms with Crippen molar-refractivity contribution >= 4 is 23.3 Å². The Morgan fingerprint density at radius 2 is 1.41 bits per heavy atom. The quantitative estimate of drug-likeness (QED) is 0.546. The second kappa shape index (κ2) is 9.06. The van der Waals surface area contributed by atoms with Crippen LogP contribution in [-0.4, -0.2) is 11.9 Å². The van der Waals surface area contributed by atoms with Crippen molar-refractivity contribution in [1.82, 2.24) is 5.32 Å². The molecule has 3 aromatic rings. The lowest BCUT2D eigenvalue weighted by atomic mass is 10.0. The van der Waals surface area contributed by atoms with E-state index in [4.69, 9.17) is 0 Å². The van der Waals surface area contributed by atoms with E-state index in [0.29, 0.717) is 11.3 Å². The number of hydrogen-bond acceptors (Lipinski definition) is 2. The zero-order valence-corrected chi connectivity index (χ0v) is 16.8. The highest BCUT2D eigenvalue weighted by molar-refractivity contribution is 5.99. The van der Waals surface area contributed by atoms with Crippen molar-refractivity contribution in [3.63, 3.8) is 0 Å². The van der Waals surface area contributed by atoms with Crippen molar-refractivity contribution in [2.75, 3.05) is 10.6 Å². The van der Waals surface area contributed by atoms with Gasteiger partial charge in [-0.3, -0.25) is 4.79 Å². The topological polar surface area (TPSA) is 70.2 Å². The standard InChI is InChI=1S/C24H25N3O2/c1-16-9-14-22(17(2)15-16)23(28)25-18(3)19-10-12-21(13-11-19)27-24(29)26-20-7-5-4-6-8-20/h4-15,18H,1-3H3,(H,25,28)(H2,26,27,29). The number of rotatable bonds is 5. The maximum absolute atomic E-state index is 12.6. The molecule has 3 amide bonds. The normalized spacial score (nSPS) is 11.4. The highest BCUT2D eigenvalue weighted by Gasteiger charge is 2.13. The van der Waals surface area contributed by atoms with Gasteiger partial charge in [0.25, 0.3) is 5.91 Å². The maximum Gasteiger partial charge on any atom is 0.323 e. The molecule has 0 bridgehead atoms. The van der Waals surface area contributed by atoms with Gasteiger partial charge in [0.15, 0.2) is 0 Å². The van der Waals surface area contributed by atoms with Crippen LogP contribution in [0.2, 0.25) is 0 Å². The molecule has 5 nitrogen and oxygen atoms in total. The molecule has 0 aliphatic carbocycles. The predicted octanol–water partition coefficient (Wildman–Crippen LogP) is 5.44. The van der Waals surface area contributed by atoms with Gasteiger partial charge in [-0.05, 0) is 62.2 Å². The van der Waals surface area contributed by atoms with Crippen LogP contribution in [0.5, 0.6) is 0 Å². The van der Waals surface area contributed by atoms with E-state index >= 15 is 0 Å². The smallest absolute Gasteiger partial charge is 0.323 e. The van der Waals surface area contributed by atoms with Crippen LogP contribution in [0.3, 0.4) is 0 Å². The minimum absolute atomic E-state index is 0.0977. The molecular weight excluding hydrogens is 362 g/mol. The van der Waals surface area contributed by atoms with Crippen molar-refractivity contribution in [3.8, 4) is 0 Å². The zero-order valence-electron chi connectivity index (χ0n) is 16.8. The Bertz CT molecular complexity index is 998. The predicted molar refractivity (Wildman–Crippen MR) is 117 cm³/mol. The molecule has 3 aromatic carbocycles. The van der Waals surface area contributed by atoms with Crippen LogP contribution in [-0.2, 0) is 0 Å². The van der Waals surface area contributed by atoms with E-state index < -0.39 is 0 Å². The van der Waals surface area contributed by atoms with Gasteiger partial charge in [-0.25, -0.2) is 4.79 Å². The Morgan fingerprint density at radius 3 is 2.03 bits per heavy atom. The first kappa shape index (κ1) is 20.1. The summed E-state index contributed by atoms with van der Waals surface area (Å²) in [5.74, 6) is -0.0977. The minimum Gasteiger partial charge on any atom is -0.346 e. The summed E-state index contributed by atoms with van der Waals surface area (Å²) in [5, 5.41) is 8.60. The molecule has 0 aromatic heterocycles. The number of nitrogens with one attached hydrogen (secondary N) is 3. The molecular formula is C24H25N3O2. The molecule has 0 radical (unpaired) electrons. The summed E-state index contributed by atoms with van der Waals surface area (Å²) in [6.45, 7) is 5.88. The fourth-order valence-electron chi connectivity index (χ4n) is 3.10. The first-order chi connectivity index (χ1) is 13.9. The number of hydrogen-bond donors (Lipinski definition) is 3. The summed E-state index contributed by atoms with van der Waals surface area (Å²) in [6, 6.07) is 22.0. The zero-order chi connectivity index (χ0) is 20.8. The lowest BCUT2D eigenvalue weighted by molar-refractivity contribution is 0.0939. The van der Waals surface area contributed by atoms with E-state index in [-0.39, 0.29) is 18.0 Å². The molecule has 0 spiro atoms. The average Bonchev–Trinajstić information content (AvgIpc) is 2.69. The monoisotopic (exact) mass is 387 g/mol. The van der Waals surface area contributed by atoms with E-state index in [0.717, 1.165) is 22.4 Å². The average molecular weight is 387 g/mol. The third-order valence-corrected chi connectivity index (χ3v) is 4.67. The van der Waals surface area contributed by atoms with Gasteiger partial charge in [-0.1, -0.05) is 48.0 Å². The van der Waals surface area contributed by atoms with Crippen LogP contribution in [0.4, 0.5) is 16.2 Å². The molecule has 0 saturated carbocycles. The van der Waals surface area contributed by atoms with Gasteiger partial charge in [0.2, 0.25) is 0 Å². The van der Waals surface area contributed by atoms with Crippen LogP contribution >= 0.6 is 0 Å². The Balaban J connectivity index is 1.59. The number of carbonyl (C=O) groups excluding carboxylic acids is 2. The van der Waals surface area contributed by atoms with E-state index in [1.165, 1.54) is 0 Å². The summed E-state index contributed by atoms with van der Waals surface area (Å²) >= 11 is 0. The van der Waals surface area contributed by atoms with Gasteiger partial charge in [0.1, 0.15) is 0 Å². The Kier molecular flexibility index (Phi) is 6.29. The van der Waals surface area contributed by atoms with Crippen molar-refractivity contribution in [1.29, 1.82) is 0 Å². The summed E-state index contributed by atoms with van der Waals surface area (Å²) in [7, 11) is 0. The van der Waals surface area contributed by atoms with E-state index in [2.05, 4.69) is 16.0 Å². The molecule has 1 unspecified atom stereocenters. The van der Waals surface area contributed by atoms with Gasteiger partial charge in [0.05, 0.1) is 6.04 Å². The van der Waals surface area contributed by atoms with Gasteiger partial charge >= 0.3 is 6.03 Å². The minimum atomic E-state index is -0.305. The maximum atomic E-state index is 12.6. The second-order valence-electron chi connectivity index (χ2n) is 7.08. The number of para-hydroxylation sites is 1. The third-order valence-electron chi connectivity index (χ3n) is 4.67. The van der Waals surface area contributed by atoms with Crippen molar-refractivity contribution in [2.24, 2.45) is 0 Å². The summed E-state index contributed by atoms with van der Waals surface area (Å²) in [6.07, 6.45) is 0. The van der Waals surface area contributed by atoms with E-state index in [1.54, 1.807) is 0 Å². The molecule has 1 atom stereocenters. The third kappa shape index (κ3) is 5.45. The largest absolute Gasteiger partial charge is 0.346 e. The molecule has 148 valence electrons. The molecule has 0 saturated heterocycles. The molecule has 5 heteroatoms. The SMILES string of the molecule is Cc1ccc(C(=O)NC(C)c2ccc(NC(=O)Nc3ccccc3)cc2)c(C)c1. The highest BCUT2D eigenvalue weighted by Crippen LogP contribution is 2.18. The number of carbonyl (C=O) groups is 2. The van der Waals surface area contributed by atoms with Gasteiger partial charge in [-0.2, -0.15) is 0 Å². The van der Waals surface area contributed by atoms with Crippen LogP contribution < -0.4 is 16.0 Å². The van der Waals surface area contributed by atoms with Crippen molar-refractivity contribution < 1.29 is 9.59 Å². The summed E-state index contributed by atoms with van der Waals surface area (Å²) in [4.78, 5) is 24.6. The van der Waals surface area contributed by atoms with Crippen LogP contribution in [0.15, 0.2) is 72.8 Å². The molecule has 0 aliphatic heterocycles. The Labute approximate surface area is 171 Å². The lowest BCUT2D eigenvalue weighted by Gasteiger charge is -2.16. The number of benzene rings is 3. The van der Waals surface area contributed by atoms with E-state index in [9.17, 15) is 9.59 Å². The molecule has 0 heterocycles. The molecule has 3 rings (SSSR count). The van der Waals surface area contributed by atoms with E-state index in [1.807, 2.05) is 93.6 Å². The number of anilines is 2. The summed E-state index contributed by atoms with van der Waals surface area (Å²) < 4.78 is 0. The molecule has 0 aliphatic rings. The number of urea groups is 1. The molecule has 3 N–H and O–H groups in total. The van der Waals surface area contributed by atoms with Gasteiger partial charge in [0, 0.05) is 16.9 Å². The first-order valence-electron chi connectivity index (χ1n) is 9.53. The number of amides is 3. The van der Waals surface area contributed by atoms with Gasteiger partial charge < -0.3 is 16.0 Å². The summed E-state index contributed by atoms with van der Waals surface area (Å²) in [5.41, 5.74) is 5.13. The van der Waals surface area contributed by atoms with Gasteiger partial charge in [-0.15, -0.1) is 0 Å². The highest BCUT2D eigenvalue weighted by atomic mass is 16.2. The number of aryl methyl sites for hydroxylation is 2. The Morgan fingerprint density at radius 1 is 0.793 bits per heavy atom. The van der Waals surface area contributed by atoms with Crippen LogP contribution in [0.1, 0.15) is 40.0 Å². The first-order valence-corrected chi connectivity index (χ1v) is 9.53. The molecule has 29 heavy (non-hydrogen) atoms. The second-order valence-corrected chi connectivity index (χ2v) is 7.08. The lowest BCUT2D eigenvalue weighted by Crippen LogP contribution is -2.27. The fourth-order valence-corrected chi connectivity index (χ4v) is 3.10. The fraction of sp³-hybridized carbons (Fsp3) is 0.167. The van der Waals surface area contributed by atoms with Crippen LogP contribution in [0.25, 0.3) is 0 Å². The molecule has 0 fully saturated rings. The van der Waals surface area contributed by atoms with Crippen molar-refractivity contribution in [3.05, 3.63) is 95.1 Å². The Hall–Kier alpha value is -3.60.